The highest BCUT2D eigenvalue weighted by Crippen LogP contribution is 2.26. The predicted octanol–water partition coefficient (Wildman–Crippen LogP) is 2.21. The Kier molecular flexibility index (Phi) is 6.54. The summed E-state index contributed by atoms with van der Waals surface area (Å²) in [5.41, 5.74) is 7.22. The first kappa shape index (κ1) is 15.8. The monoisotopic (exact) mass is 288 g/mol. The first-order valence-electron chi connectivity index (χ1n) is 8.00. The molecular weight excluding hydrogens is 260 g/mol. The van der Waals surface area contributed by atoms with Crippen molar-refractivity contribution in [2.45, 2.75) is 32.2 Å². The molecular formula is C17H28N4. The third-order valence-corrected chi connectivity index (χ3v) is 4.06. The summed E-state index contributed by atoms with van der Waals surface area (Å²) in [5, 5.41) is 3.21. The highest BCUT2D eigenvalue weighted by Gasteiger charge is 2.16. The minimum atomic E-state index is 0.604. The van der Waals surface area contributed by atoms with Crippen LogP contribution < -0.4 is 11.1 Å². The van der Waals surface area contributed by atoms with Gasteiger partial charge in [-0.2, -0.15) is 0 Å². The van der Waals surface area contributed by atoms with E-state index >= 15 is 0 Å². The maximum atomic E-state index is 5.87. The molecule has 0 saturated heterocycles. The molecule has 0 spiro atoms. The summed E-state index contributed by atoms with van der Waals surface area (Å²) < 4.78 is 0. The first-order chi connectivity index (χ1) is 10.2. The minimum Gasteiger partial charge on any atom is -0.370 e. The third kappa shape index (κ3) is 6.17. The molecule has 4 nitrogen and oxygen atoms in total. The number of guanidine groups is 1. The quantitative estimate of drug-likeness (QED) is 0.438. The molecule has 0 bridgehead atoms. The zero-order valence-electron chi connectivity index (χ0n) is 13.1. The lowest BCUT2D eigenvalue weighted by molar-refractivity contribution is 0.321. The Hall–Kier alpha value is -1.55. The molecule has 0 aliphatic heterocycles. The molecule has 3 N–H and O–H groups in total. The predicted molar refractivity (Wildman–Crippen MR) is 89.2 cm³/mol. The Morgan fingerprint density at radius 2 is 2.10 bits per heavy atom. The van der Waals surface area contributed by atoms with Gasteiger partial charge in [-0.1, -0.05) is 36.8 Å². The van der Waals surface area contributed by atoms with Crippen molar-refractivity contribution in [3.63, 3.8) is 0 Å². The van der Waals surface area contributed by atoms with Crippen molar-refractivity contribution in [3.8, 4) is 0 Å². The lowest BCUT2D eigenvalue weighted by atomic mass is 9.86. The van der Waals surface area contributed by atoms with Gasteiger partial charge in [-0.25, -0.2) is 0 Å². The van der Waals surface area contributed by atoms with Gasteiger partial charge in [0.15, 0.2) is 5.96 Å². The van der Waals surface area contributed by atoms with Gasteiger partial charge in [0, 0.05) is 19.6 Å². The molecule has 0 heterocycles. The summed E-state index contributed by atoms with van der Waals surface area (Å²) in [6.45, 7) is 3.83. The van der Waals surface area contributed by atoms with Crippen molar-refractivity contribution in [3.05, 3.63) is 35.9 Å². The summed E-state index contributed by atoms with van der Waals surface area (Å²) >= 11 is 0. The van der Waals surface area contributed by atoms with Crippen molar-refractivity contribution in [1.29, 1.82) is 0 Å². The molecule has 0 atom stereocenters. The van der Waals surface area contributed by atoms with Gasteiger partial charge in [-0.15, -0.1) is 0 Å². The number of aliphatic imine (C=N–C) groups is 1. The fraction of sp³-hybridized carbons (Fsp3) is 0.588. The molecule has 21 heavy (non-hydrogen) atoms. The Morgan fingerprint density at radius 3 is 2.76 bits per heavy atom. The molecule has 1 fully saturated rings. The van der Waals surface area contributed by atoms with Crippen LogP contribution >= 0.6 is 0 Å². The van der Waals surface area contributed by atoms with Crippen LogP contribution in [0.15, 0.2) is 35.3 Å². The maximum absolute atomic E-state index is 5.87. The Balaban J connectivity index is 1.54. The average Bonchev–Trinajstić information content (AvgIpc) is 2.43. The van der Waals surface area contributed by atoms with E-state index in [1.54, 1.807) is 0 Å². The van der Waals surface area contributed by atoms with Crippen molar-refractivity contribution in [2.24, 2.45) is 16.6 Å². The van der Waals surface area contributed by atoms with Gasteiger partial charge >= 0.3 is 0 Å². The molecule has 1 aliphatic rings. The Labute approximate surface area is 128 Å². The van der Waals surface area contributed by atoms with Crippen LogP contribution in [0.2, 0.25) is 0 Å². The largest absolute Gasteiger partial charge is 0.370 e. The van der Waals surface area contributed by atoms with Crippen LogP contribution in [0.25, 0.3) is 0 Å². The highest BCUT2D eigenvalue weighted by atomic mass is 15.1. The van der Waals surface area contributed by atoms with Crippen LogP contribution in [0.5, 0.6) is 0 Å². The number of rotatable bonds is 8. The van der Waals surface area contributed by atoms with Gasteiger partial charge in [0.2, 0.25) is 0 Å². The van der Waals surface area contributed by atoms with Crippen molar-refractivity contribution in [1.82, 2.24) is 10.2 Å². The van der Waals surface area contributed by atoms with Gasteiger partial charge in [0.25, 0.3) is 0 Å². The average molecular weight is 288 g/mol. The van der Waals surface area contributed by atoms with Gasteiger partial charge in [0.1, 0.15) is 0 Å². The fourth-order valence-corrected chi connectivity index (χ4v) is 2.50. The highest BCUT2D eigenvalue weighted by molar-refractivity contribution is 5.77. The SMILES string of the molecule is CN(CCCNC(N)=NCC1CCC1)Cc1ccccc1. The van der Waals surface area contributed by atoms with Crippen LogP contribution in [0.4, 0.5) is 0 Å². The van der Waals surface area contributed by atoms with Crippen LogP contribution in [-0.4, -0.2) is 37.5 Å². The molecule has 0 radical (unpaired) electrons. The molecule has 1 aromatic carbocycles. The fourth-order valence-electron chi connectivity index (χ4n) is 2.50. The number of benzene rings is 1. The second-order valence-electron chi connectivity index (χ2n) is 6.03. The van der Waals surface area contributed by atoms with E-state index in [4.69, 9.17) is 5.73 Å². The van der Waals surface area contributed by atoms with Gasteiger partial charge in [-0.3, -0.25) is 4.99 Å². The number of nitrogens with one attached hydrogen (secondary N) is 1. The number of nitrogens with two attached hydrogens (primary N) is 1. The van der Waals surface area contributed by atoms with E-state index in [1.807, 2.05) is 0 Å². The number of hydrogen-bond donors (Lipinski definition) is 2. The smallest absolute Gasteiger partial charge is 0.188 e. The molecule has 2 rings (SSSR count). The summed E-state index contributed by atoms with van der Waals surface area (Å²) in [6, 6.07) is 10.6. The molecule has 1 aliphatic carbocycles. The molecule has 0 aromatic heterocycles. The van der Waals surface area contributed by atoms with E-state index in [9.17, 15) is 0 Å². The van der Waals surface area contributed by atoms with Crippen LogP contribution in [0.1, 0.15) is 31.2 Å². The van der Waals surface area contributed by atoms with E-state index in [0.29, 0.717) is 5.96 Å². The topological polar surface area (TPSA) is 53.6 Å². The van der Waals surface area contributed by atoms with Crippen LogP contribution in [0.3, 0.4) is 0 Å². The molecule has 1 aromatic rings. The van der Waals surface area contributed by atoms with Crippen LogP contribution in [-0.2, 0) is 6.54 Å². The summed E-state index contributed by atoms with van der Waals surface area (Å²) in [5.74, 6) is 1.38. The normalized spacial score (nSPS) is 16.0. The van der Waals surface area contributed by atoms with E-state index in [2.05, 4.69) is 52.6 Å². The number of hydrogen-bond acceptors (Lipinski definition) is 2. The first-order valence-corrected chi connectivity index (χ1v) is 8.00. The zero-order valence-corrected chi connectivity index (χ0v) is 13.1. The summed E-state index contributed by atoms with van der Waals surface area (Å²) in [6.07, 6.45) is 5.08. The molecule has 0 amide bonds. The standard InChI is InChI=1S/C17H28N4/c1-21(14-16-7-3-2-4-8-16)12-6-11-19-17(18)20-13-15-9-5-10-15/h2-4,7-8,15H,5-6,9-14H2,1H3,(H3,18,19,20). The molecule has 1 saturated carbocycles. The van der Waals surface area contributed by atoms with Crippen molar-refractivity contribution >= 4 is 5.96 Å². The third-order valence-electron chi connectivity index (χ3n) is 4.06. The lowest BCUT2D eigenvalue weighted by Gasteiger charge is -2.23. The van der Waals surface area contributed by atoms with Gasteiger partial charge < -0.3 is 16.0 Å². The van der Waals surface area contributed by atoms with E-state index < -0.39 is 0 Å². The molecule has 116 valence electrons. The van der Waals surface area contributed by atoms with E-state index in [0.717, 1.165) is 38.5 Å². The van der Waals surface area contributed by atoms with E-state index in [-0.39, 0.29) is 0 Å². The minimum absolute atomic E-state index is 0.604. The second-order valence-corrected chi connectivity index (χ2v) is 6.03. The van der Waals surface area contributed by atoms with Gasteiger partial charge in [-0.05, 0) is 44.3 Å². The zero-order chi connectivity index (χ0) is 14.9. The Bertz CT molecular complexity index is 426. The lowest BCUT2D eigenvalue weighted by Crippen LogP contribution is -2.34. The van der Waals surface area contributed by atoms with Crippen LogP contribution in [0, 0.1) is 5.92 Å². The molecule has 0 unspecified atom stereocenters. The van der Waals surface area contributed by atoms with Gasteiger partial charge in [0.05, 0.1) is 0 Å². The second kappa shape index (κ2) is 8.67. The summed E-state index contributed by atoms with van der Waals surface area (Å²) in [7, 11) is 2.15. The van der Waals surface area contributed by atoms with E-state index in [1.165, 1.54) is 24.8 Å². The number of nitrogens with zero attached hydrogens (tertiary/aromatic N) is 2. The maximum Gasteiger partial charge on any atom is 0.188 e. The van der Waals surface area contributed by atoms with Crippen molar-refractivity contribution < 1.29 is 0 Å². The molecule has 4 heteroatoms. The van der Waals surface area contributed by atoms with Crippen molar-refractivity contribution in [2.75, 3.05) is 26.7 Å². The Morgan fingerprint density at radius 1 is 1.33 bits per heavy atom. The summed E-state index contributed by atoms with van der Waals surface area (Å²) in [4.78, 5) is 6.73.